The molecule has 0 amide bonds. The van der Waals surface area contributed by atoms with Crippen molar-refractivity contribution in [3.63, 3.8) is 0 Å². The number of carbonyl (C=O) groups excluding carboxylic acids is 1. The van der Waals surface area contributed by atoms with Crippen LogP contribution in [0.1, 0.15) is 5.82 Å². The van der Waals surface area contributed by atoms with Crippen molar-refractivity contribution in [1.29, 1.82) is 0 Å². The monoisotopic (exact) mass is 176 g/mol. The highest BCUT2D eigenvalue weighted by atomic mass is 35.5. The summed E-state index contributed by atoms with van der Waals surface area (Å²) in [6.07, 6.45) is 3.47. The van der Waals surface area contributed by atoms with E-state index < -0.39 is 0 Å². The Morgan fingerprint density at radius 1 is 1.82 bits per heavy atom. The first kappa shape index (κ1) is 9.97. The fourth-order valence-corrected chi connectivity index (χ4v) is 0.604. The highest BCUT2D eigenvalue weighted by molar-refractivity contribution is 5.85. The summed E-state index contributed by atoms with van der Waals surface area (Å²) in [5, 5.41) is 0. The lowest BCUT2D eigenvalue weighted by Crippen LogP contribution is -2.05. The minimum Gasteiger partial charge on any atom is -0.469 e. The Hall–Kier alpha value is -1.03. The number of ether oxygens (including phenoxy) is 1. The van der Waals surface area contributed by atoms with Crippen molar-refractivity contribution in [3.05, 3.63) is 18.2 Å². The van der Waals surface area contributed by atoms with Crippen LogP contribution in [0.5, 0.6) is 0 Å². The summed E-state index contributed by atoms with van der Waals surface area (Å²) in [6.45, 7) is 0. The predicted molar refractivity (Wildman–Crippen MR) is 41.6 cm³/mol. The van der Waals surface area contributed by atoms with Crippen LogP contribution in [-0.4, -0.2) is 23.0 Å². The van der Waals surface area contributed by atoms with Gasteiger partial charge in [0.15, 0.2) is 0 Å². The maximum Gasteiger partial charge on any atom is 0.313 e. The van der Waals surface area contributed by atoms with Crippen molar-refractivity contribution in [1.82, 2.24) is 9.97 Å². The van der Waals surface area contributed by atoms with Gasteiger partial charge in [-0.1, -0.05) is 0 Å². The van der Waals surface area contributed by atoms with Crippen LogP contribution >= 0.6 is 12.4 Å². The van der Waals surface area contributed by atoms with Gasteiger partial charge in [0.1, 0.15) is 12.2 Å². The Balaban J connectivity index is 0.000001000. The molecule has 62 valence electrons. The minimum atomic E-state index is -0.282. The number of hydrogen-bond acceptors (Lipinski definition) is 3. The number of imidazole rings is 1. The van der Waals surface area contributed by atoms with Crippen LogP contribution in [-0.2, 0) is 16.0 Å². The molecule has 0 radical (unpaired) electrons. The van der Waals surface area contributed by atoms with Gasteiger partial charge in [-0.05, 0) is 0 Å². The molecule has 1 aromatic heterocycles. The zero-order valence-electron chi connectivity index (χ0n) is 6.03. The summed E-state index contributed by atoms with van der Waals surface area (Å²) in [7, 11) is 1.35. The molecule has 0 saturated carbocycles. The highest BCUT2D eigenvalue weighted by Gasteiger charge is 2.02. The first-order valence-electron chi connectivity index (χ1n) is 2.88. The lowest BCUT2D eigenvalue weighted by atomic mass is 10.4. The first-order chi connectivity index (χ1) is 4.83. The van der Waals surface area contributed by atoms with Gasteiger partial charge in [0.25, 0.3) is 0 Å². The van der Waals surface area contributed by atoms with Gasteiger partial charge in [0.2, 0.25) is 0 Å². The summed E-state index contributed by atoms with van der Waals surface area (Å²) >= 11 is 0. The van der Waals surface area contributed by atoms with Crippen molar-refractivity contribution >= 4 is 18.4 Å². The maximum absolute atomic E-state index is 10.6. The van der Waals surface area contributed by atoms with E-state index in [1.807, 2.05) is 0 Å². The van der Waals surface area contributed by atoms with Gasteiger partial charge < -0.3 is 9.72 Å². The van der Waals surface area contributed by atoms with Gasteiger partial charge in [-0.3, -0.25) is 4.79 Å². The molecule has 0 unspecified atom stereocenters. The molecule has 0 saturated heterocycles. The van der Waals surface area contributed by atoms with E-state index in [9.17, 15) is 4.79 Å². The number of aromatic nitrogens is 2. The van der Waals surface area contributed by atoms with Crippen molar-refractivity contribution in [2.45, 2.75) is 6.42 Å². The molecule has 1 aromatic rings. The molecule has 0 fully saturated rings. The van der Waals surface area contributed by atoms with Crippen LogP contribution in [0.2, 0.25) is 0 Å². The van der Waals surface area contributed by atoms with E-state index in [2.05, 4.69) is 14.7 Å². The quantitative estimate of drug-likeness (QED) is 0.670. The summed E-state index contributed by atoms with van der Waals surface area (Å²) in [5.74, 6) is 0.349. The zero-order chi connectivity index (χ0) is 7.40. The van der Waals surface area contributed by atoms with Crippen LogP contribution in [0.4, 0.5) is 0 Å². The normalized spacial score (nSPS) is 8.45. The number of hydrogen-bond donors (Lipinski definition) is 1. The van der Waals surface area contributed by atoms with Crippen molar-refractivity contribution in [2.24, 2.45) is 0 Å². The Kier molecular flexibility index (Phi) is 4.29. The fraction of sp³-hybridized carbons (Fsp3) is 0.333. The smallest absolute Gasteiger partial charge is 0.313 e. The standard InChI is InChI=1S/C6H8N2O2.ClH/c1-10-6(9)4-5-7-2-3-8-5;/h2-3H,4H2,1H3,(H,7,8);1H. The molecule has 0 atom stereocenters. The van der Waals surface area contributed by atoms with Gasteiger partial charge in [-0.25, -0.2) is 4.98 Å². The number of rotatable bonds is 2. The molecule has 0 spiro atoms. The second-order valence-electron chi connectivity index (χ2n) is 1.79. The molecule has 4 nitrogen and oxygen atoms in total. The fourth-order valence-electron chi connectivity index (χ4n) is 0.604. The third-order valence-corrected chi connectivity index (χ3v) is 1.09. The summed E-state index contributed by atoms with van der Waals surface area (Å²) in [5.41, 5.74) is 0. The van der Waals surface area contributed by atoms with Crippen molar-refractivity contribution in [3.8, 4) is 0 Å². The van der Waals surface area contributed by atoms with E-state index in [-0.39, 0.29) is 24.8 Å². The van der Waals surface area contributed by atoms with Crippen molar-refractivity contribution < 1.29 is 9.53 Å². The summed E-state index contributed by atoms with van der Waals surface area (Å²) in [6, 6.07) is 0. The average Bonchev–Trinajstić information content (AvgIpc) is 2.40. The number of esters is 1. The van der Waals surface area contributed by atoms with Crippen LogP contribution in [0, 0.1) is 0 Å². The van der Waals surface area contributed by atoms with Gasteiger partial charge in [-0.15, -0.1) is 12.4 Å². The lowest BCUT2D eigenvalue weighted by Gasteiger charge is -1.93. The van der Waals surface area contributed by atoms with E-state index in [1.54, 1.807) is 12.4 Å². The van der Waals surface area contributed by atoms with Crippen molar-refractivity contribution in [2.75, 3.05) is 7.11 Å². The maximum atomic E-state index is 10.6. The number of aromatic amines is 1. The molecule has 5 heteroatoms. The average molecular weight is 177 g/mol. The molecule has 0 aliphatic heterocycles. The molecular weight excluding hydrogens is 168 g/mol. The Morgan fingerprint density at radius 2 is 2.55 bits per heavy atom. The molecule has 1 rings (SSSR count). The first-order valence-corrected chi connectivity index (χ1v) is 2.88. The topological polar surface area (TPSA) is 55.0 Å². The number of nitrogens with one attached hydrogen (secondary N) is 1. The Morgan fingerprint density at radius 3 is 3.00 bits per heavy atom. The highest BCUT2D eigenvalue weighted by Crippen LogP contribution is 1.90. The van der Waals surface area contributed by atoms with Crippen LogP contribution in [0.3, 0.4) is 0 Å². The third-order valence-electron chi connectivity index (χ3n) is 1.09. The molecule has 0 bridgehead atoms. The summed E-state index contributed by atoms with van der Waals surface area (Å²) < 4.78 is 4.42. The largest absolute Gasteiger partial charge is 0.469 e. The molecule has 11 heavy (non-hydrogen) atoms. The van der Waals surface area contributed by atoms with E-state index in [1.165, 1.54) is 7.11 Å². The van der Waals surface area contributed by atoms with Gasteiger partial charge in [0.05, 0.1) is 7.11 Å². The predicted octanol–water partition coefficient (Wildman–Crippen LogP) is 0.547. The lowest BCUT2D eigenvalue weighted by molar-refractivity contribution is -0.139. The molecular formula is C6H9ClN2O2. The number of halogens is 1. The second kappa shape index (κ2) is 4.73. The van der Waals surface area contributed by atoms with Gasteiger partial charge in [0, 0.05) is 12.4 Å². The summed E-state index contributed by atoms with van der Waals surface area (Å²) in [4.78, 5) is 17.2. The second-order valence-corrected chi connectivity index (χ2v) is 1.79. The number of nitrogens with zero attached hydrogens (tertiary/aromatic N) is 1. The van der Waals surface area contributed by atoms with Gasteiger partial charge in [-0.2, -0.15) is 0 Å². The number of H-pyrrole nitrogens is 1. The van der Waals surface area contributed by atoms with E-state index >= 15 is 0 Å². The molecule has 1 N–H and O–H groups in total. The molecule has 0 aromatic carbocycles. The minimum absolute atomic E-state index is 0. The van der Waals surface area contributed by atoms with E-state index in [0.717, 1.165) is 0 Å². The Labute approximate surface area is 70.4 Å². The van der Waals surface area contributed by atoms with Crippen LogP contribution in [0.25, 0.3) is 0 Å². The number of methoxy groups -OCH3 is 1. The molecule has 0 aliphatic rings. The third kappa shape index (κ3) is 3.04. The van der Waals surface area contributed by atoms with Crippen LogP contribution < -0.4 is 0 Å². The van der Waals surface area contributed by atoms with Gasteiger partial charge >= 0.3 is 5.97 Å². The van der Waals surface area contributed by atoms with Crippen LogP contribution in [0.15, 0.2) is 12.4 Å². The van der Waals surface area contributed by atoms with E-state index in [4.69, 9.17) is 0 Å². The SMILES string of the molecule is COC(=O)Cc1ncc[nH]1.Cl. The molecule has 1 heterocycles. The molecule has 0 aliphatic carbocycles. The Bertz CT molecular complexity index is 210. The number of carbonyl (C=O) groups is 1. The van der Waals surface area contributed by atoms with E-state index in [0.29, 0.717) is 5.82 Å². The zero-order valence-corrected chi connectivity index (χ0v) is 6.85.